The molecule has 4 rings (SSSR count). The molecule has 3 aliphatic rings. The zero-order valence-corrected chi connectivity index (χ0v) is 13.6. The number of para-hydroxylation sites is 1. The molecule has 3 heteroatoms. The smallest absolute Gasteiger partial charge is 0.0366 e. The van der Waals surface area contributed by atoms with Crippen LogP contribution in [0.2, 0.25) is 0 Å². The van der Waals surface area contributed by atoms with Crippen molar-refractivity contribution in [2.45, 2.75) is 25.7 Å². The first-order chi connectivity index (χ1) is 10.8. The number of nitrogens with zero attached hydrogens (tertiary/aromatic N) is 2. The number of anilines is 1. The van der Waals surface area contributed by atoms with Gasteiger partial charge in [-0.3, -0.25) is 0 Å². The van der Waals surface area contributed by atoms with Gasteiger partial charge in [-0.25, -0.2) is 0 Å². The van der Waals surface area contributed by atoms with Crippen LogP contribution in [0.1, 0.15) is 25.7 Å². The first-order valence-electron chi connectivity index (χ1n) is 9.06. The Morgan fingerprint density at radius 1 is 1.00 bits per heavy atom. The van der Waals surface area contributed by atoms with Crippen LogP contribution in [0.25, 0.3) is 0 Å². The van der Waals surface area contributed by atoms with Crippen molar-refractivity contribution in [1.29, 1.82) is 0 Å². The van der Waals surface area contributed by atoms with Gasteiger partial charge in [0.2, 0.25) is 0 Å². The van der Waals surface area contributed by atoms with Crippen molar-refractivity contribution in [3.8, 4) is 0 Å². The maximum Gasteiger partial charge on any atom is 0.0366 e. The van der Waals surface area contributed by atoms with Crippen molar-refractivity contribution in [3.05, 3.63) is 30.3 Å². The van der Waals surface area contributed by atoms with E-state index in [2.05, 4.69) is 45.4 Å². The summed E-state index contributed by atoms with van der Waals surface area (Å²) < 4.78 is 0. The number of likely N-dealkylation sites (tertiary alicyclic amines) is 1. The van der Waals surface area contributed by atoms with Gasteiger partial charge >= 0.3 is 0 Å². The molecule has 0 amide bonds. The fourth-order valence-electron chi connectivity index (χ4n) is 4.54. The van der Waals surface area contributed by atoms with Gasteiger partial charge in [-0.2, -0.15) is 0 Å². The molecule has 0 unspecified atom stereocenters. The van der Waals surface area contributed by atoms with Crippen LogP contribution in [0.3, 0.4) is 0 Å². The second-order valence-corrected chi connectivity index (χ2v) is 7.69. The van der Waals surface area contributed by atoms with Crippen LogP contribution < -0.4 is 10.2 Å². The van der Waals surface area contributed by atoms with Crippen LogP contribution in [-0.4, -0.2) is 50.7 Å². The lowest BCUT2D eigenvalue weighted by atomic mass is 9.71. The summed E-state index contributed by atoms with van der Waals surface area (Å²) in [4.78, 5) is 5.30. The Morgan fingerprint density at radius 3 is 2.36 bits per heavy atom. The highest BCUT2D eigenvalue weighted by atomic mass is 15.2. The number of hydrogen-bond acceptors (Lipinski definition) is 3. The Kier molecular flexibility index (Phi) is 4.10. The minimum Gasteiger partial charge on any atom is -0.370 e. The summed E-state index contributed by atoms with van der Waals surface area (Å²) in [7, 11) is 0. The van der Waals surface area contributed by atoms with E-state index < -0.39 is 0 Å². The Balaban J connectivity index is 1.25. The van der Waals surface area contributed by atoms with Crippen LogP contribution >= 0.6 is 0 Å². The maximum atomic E-state index is 3.48. The standard InChI is InChI=1S/C19H29N3/c1-2-4-18(5-3-1)22-15-19(16-22)8-12-21(13-9-19)14-17-6-10-20-11-7-17/h1-5,17,20H,6-16H2. The van der Waals surface area contributed by atoms with Gasteiger partial charge in [-0.1, -0.05) is 18.2 Å². The molecule has 0 bridgehead atoms. The molecule has 3 aliphatic heterocycles. The van der Waals surface area contributed by atoms with Crippen molar-refractivity contribution in [1.82, 2.24) is 10.2 Å². The van der Waals surface area contributed by atoms with Gasteiger partial charge < -0.3 is 15.1 Å². The van der Waals surface area contributed by atoms with E-state index in [1.807, 2.05) is 0 Å². The number of hydrogen-bond donors (Lipinski definition) is 1. The van der Waals surface area contributed by atoms with Crippen LogP contribution in [0, 0.1) is 11.3 Å². The van der Waals surface area contributed by atoms with E-state index in [9.17, 15) is 0 Å². The molecule has 0 aliphatic carbocycles. The molecule has 1 aromatic rings. The van der Waals surface area contributed by atoms with E-state index in [1.54, 1.807) is 0 Å². The number of nitrogens with one attached hydrogen (secondary N) is 1. The summed E-state index contributed by atoms with van der Waals surface area (Å²) in [5, 5.41) is 3.48. The van der Waals surface area contributed by atoms with E-state index in [0.29, 0.717) is 5.41 Å². The van der Waals surface area contributed by atoms with E-state index in [4.69, 9.17) is 0 Å². The fourth-order valence-corrected chi connectivity index (χ4v) is 4.54. The van der Waals surface area contributed by atoms with Crippen molar-refractivity contribution >= 4 is 5.69 Å². The summed E-state index contributed by atoms with van der Waals surface area (Å²) in [6, 6.07) is 10.9. The van der Waals surface area contributed by atoms with Crippen LogP contribution in [-0.2, 0) is 0 Å². The van der Waals surface area contributed by atoms with Crippen LogP contribution in [0.4, 0.5) is 5.69 Å². The summed E-state index contributed by atoms with van der Waals surface area (Å²) in [5.74, 6) is 0.942. The largest absolute Gasteiger partial charge is 0.370 e. The predicted octanol–water partition coefficient (Wildman–Crippen LogP) is 2.59. The summed E-state index contributed by atoms with van der Waals surface area (Å²) in [6.07, 6.45) is 5.56. The van der Waals surface area contributed by atoms with Gasteiger partial charge in [-0.15, -0.1) is 0 Å². The van der Waals surface area contributed by atoms with Crippen molar-refractivity contribution in [3.63, 3.8) is 0 Å². The second-order valence-electron chi connectivity index (χ2n) is 7.69. The molecular weight excluding hydrogens is 270 g/mol. The maximum absolute atomic E-state index is 3.48. The third-order valence-corrected chi connectivity index (χ3v) is 6.07. The lowest BCUT2D eigenvalue weighted by Gasteiger charge is -2.55. The molecule has 3 nitrogen and oxygen atoms in total. The Labute approximate surface area is 134 Å². The molecule has 22 heavy (non-hydrogen) atoms. The summed E-state index contributed by atoms with van der Waals surface area (Å²) >= 11 is 0. The second kappa shape index (κ2) is 6.21. The molecule has 0 radical (unpaired) electrons. The molecule has 1 aromatic carbocycles. The Hall–Kier alpha value is -1.06. The average molecular weight is 299 g/mol. The van der Waals surface area contributed by atoms with Crippen LogP contribution in [0.15, 0.2) is 30.3 Å². The molecule has 120 valence electrons. The normalized spacial score (nSPS) is 26.1. The van der Waals surface area contributed by atoms with E-state index in [0.717, 1.165) is 5.92 Å². The molecule has 1 N–H and O–H groups in total. The zero-order chi connectivity index (χ0) is 14.8. The number of piperidine rings is 2. The highest BCUT2D eigenvalue weighted by molar-refractivity contribution is 5.49. The first-order valence-corrected chi connectivity index (χ1v) is 9.06. The highest BCUT2D eigenvalue weighted by Crippen LogP contribution is 2.42. The molecule has 3 fully saturated rings. The van der Waals surface area contributed by atoms with Crippen LogP contribution in [0.5, 0.6) is 0 Å². The molecular formula is C19H29N3. The summed E-state index contributed by atoms with van der Waals surface area (Å²) in [5.41, 5.74) is 2.03. The zero-order valence-electron chi connectivity index (χ0n) is 13.6. The quantitative estimate of drug-likeness (QED) is 0.925. The third-order valence-electron chi connectivity index (χ3n) is 6.07. The van der Waals surface area contributed by atoms with Gasteiger partial charge in [0.25, 0.3) is 0 Å². The number of benzene rings is 1. The van der Waals surface area contributed by atoms with Gasteiger partial charge in [0.05, 0.1) is 0 Å². The van der Waals surface area contributed by atoms with Gasteiger partial charge in [0, 0.05) is 30.7 Å². The van der Waals surface area contributed by atoms with Crippen molar-refractivity contribution < 1.29 is 0 Å². The van der Waals surface area contributed by atoms with Gasteiger partial charge in [-0.05, 0) is 69.9 Å². The van der Waals surface area contributed by atoms with Crippen molar-refractivity contribution in [2.24, 2.45) is 11.3 Å². The predicted molar refractivity (Wildman–Crippen MR) is 92.4 cm³/mol. The van der Waals surface area contributed by atoms with E-state index in [1.165, 1.54) is 77.2 Å². The van der Waals surface area contributed by atoms with E-state index >= 15 is 0 Å². The lowest BCUT2D eigenvalue weighted by molar-refractivity contribution is 0.0641. The number of rotatable bonds is 3. The molecule has 0 atom stereocenters. The average Bonchev–Trinajstić information content (AvgIpc) is 2.55. The topological polar surface area (TPSA) is 18.5 Å². The lowest BCUT2D eigenvalue weighted by Crippen LogP contribution is -2.60. The Bertz CT molecular complexity index is 465. The van der Waals surface area contributed by atoms with Gasteiger partial charge in [0.15, 0.2) is 0 Å². The molecule has 0 saturated carbocycles. The minimum atomic E-state index is 0.625. The molecule has 3 heterocycles. The molecule has 3 saturated heterocycles. The van der Waals surface area contributed by atoms with Gasteiger partial charge in [0.1, 0.15) is 0 Å². The minimum absolute atomic E-state index is 0.625. The molecule has 1 spiro atoms. The SMILES string of the molecule is c1ccc(N2CC3(CCN(CC4CCNCC4)CC3)C2)cc1. The molecule has 0 aromatic heterocycles. The van der Waals surface area contributed by atoms with Crippen molar-refractivity contribution in [2.75, 3.05) is 50.7 Å². The van der Waals surface area contributed by atoms with E-state index in [-0.39, 0.29) is 0 Å². The highest BCUT2D eigenvalue weighted by Gasteiger charge is 2.44. The summed E-state index contributed by atoms with van der Waals surface area (Å²) in [6.45, 7) is 9.01. The third kappa shape index (κ3) is 3.02. The first kappa shape index (κ1) is 14.5. The fraction of sp³-hybridized carbons (Fsp3) is 0.684. The Morgan fingerprint density at radius 2 is 1.68 bits per heavy atom. The monoisotopic (exact) mass is 299 g/mol.